The number of hydrogen-bond acceptors (Lipinski definition) is 4. The Morgan fingerprint density at radius 3 is 2.88 bits per heavy atom. The van der Waals surface area contributed by atoms with Crippen molar-refractivity contribution in [3.8, 4) is 0 Å². The first-order chi connectivity index (χ1) is 7.70. The van der Waals surface area contributed by atoms with Gasteiger partial charge in [-0.2, -0.15) is 0 Å². The van der Waals surface area contributed by atoms with Crippen LogP contribution in [-0.2, 0) is 4.74 Å². The van der Waals surface area contributed by atoms with E-state index in [1.165, 1.54) is 0 Å². The van der Waals surface area contributed by atoms with Crippen molar-refractivity contribution in [1.82, 2.24) is 10.3 Å². The van der Waals surface area contributed by atoms with Crippen LogP contribution in [0.2, 0.25) is 0 Å². The van der Waals surface area contributed by atoms with E-state index >= 15 is 0 Å². The van der Waals surface area contributed by atoms with Crippen LogP contribution in [0.3, 0.4) is 0 Å². The van der Waals surface area contributed by atoms with Crippen LogP contribution in [0.5, 0.6) is 0 Å². The molecule has 4 nitrogen and oxygen atoms in total. The van der Waals surface area contributed by atoms with Gasteiger partial charge in [0, 0.05) is 18.9 Å². The lowest BCUT2D eigenvalue weighted by Gasteiger charge is -2.25. The summed E-state index contributed by atoms with van der Waals surface area (Å²) in [6.45, 7) is 5.10. The van der Waals surface area contributed by atoms with Crippen molar-refractivity contribution < 1.29 is 4.74 Å². The van der Waals surface area contributed by atoms with Crippen LogP contribution in [0.25, 0.3) is 0 Å². The first kappa shape index (κ1) is 12.9. The van der Waals surface area contributed by atoms with E-state index in [1.807, 2.05) is 19.1 Å². The molecule has 0 saturated carbocycles. The molecule has 1 heterocycles. The second-order valence-electron chi connectivity index (χ2n) is 3.85. The van der Waals surface area contributed by atoms with E-state index in [-0.39, 0.29) is 12.1 Å². The zero-order valence-corrected chi connectivity index (χ0v) is 10.2. The molecule has 0 amide bonds. The van der Waals surface area contributed by atoms with Crippen LogP contribution in [-0.4, -0.2) is 24.7 Å². The Hall–Kier alpha value is -1.13. The molecule has 1 aromatic rings. The highest BCUT2D eigenvalue weighted by Crippen LogP contribution is 2.22. The zero-order chi connectivity index (χ0) is 12.0. The van der Waals surface area contributed by atoms with Gasteiger partial charge >= 0.3 is 0 Å². The molecular formula is C12H21N3O. The van der Waals surface area contributed by atoms with Crippen LogP contribution in [0.4, 0.5) is 5.82 Å². The summed E-state index contributed by atoms with van der Waals surface area (Å²) in [6, 6.07) is 3.98. The maximum Gasteiger partial charge on any atom is 0.128 e. The molecule has 4 heteroatoms. The zero-order valence-electron chi connectivity index (χ0n) is 10.2. The van der Waals surface area contributed by atoms with Crippen LogP contribution in [0.15, 0.2) is 18.3 Å². The third-order valence-electron chi connectivity index (χ3n) is 2.66. The smallest absolute Gasteiger partial charge is 0.128 e. The topological polar surface area (TPSA) is 60.2 Å². The summed E-state index contributed by atoms with van der Waals surface area (Å²) in [7, 11) is 1.71. The van der Waals surface area contributed by atoms with Gasteiger partial charge in [-0.3, -0.25) is 0 Å². The summed E-state index contributed by atoms with van der Waals surface area (Å²) in [5.41, 5.74) is 6.88. The predicted molar refractivity (Wildman–Crippen MR) is 66.2 cm³/mol. The lowest BCUT2D eigenvalue weighted by Crippen LogP contribution is -2.32. The Labute approximate surface area is 97.2 Å². The van der Waals surface area contributed by atoms with E-state index in [0.29, 0.717) is 5.82 Å². The van der Waals surface area contributed by atoms with E-state index < -0.39 is 0 Å². The van der Waals surface area contributed by atoms with Gasteiger partial charge < -0.3 is 15.8 Å². The molecule has 0 spiro atoms. The molecule has 0 aromatic carbocycles. The average Bonchev–Trinajstić information content (AvgIpc) is 2.31. The highest BCUT2D eigenvalue weighted by molar-refractivity contribution is 5.41. The summed E-state index contributed by atoms with van der Waals surface area (Å²) >= 11 is 0. The molecule has 0 aliphatic carbocycles. The lowest BCUT2D eigenvalue weighted by atomic mass is 10.0. The molecular weight excluding hydrogens is 202 g/mol. The maximum absolute atomic E-state index is 5.88. The molecule has 0 bridgehead atoms. The number of nitrogens with zero attached hydrogens (tertiary/aromatic N) is 1. The Morgan fingerprint density at radius 2 is 2.31 bits per heavy atom. The fraction of sp³-hybridized carbons (Fsp3) is 0.583. The minimum atomic E-state index is 0.0676. The number of pyridine rings is 1. The van der Waals surface area contributed by atoms with Gasteiger partial charge in [0.15, 0.2) is 0 Å². The number of aromatic nitrogens is 1. The monoisotopic (exact) mass is 223 g/mol. The SMILES string of the molecule is CCCNC(c1cccnc1N)C(C)OC. The highest BCUT2D eigenvalue weighted by Gasteiger charge is 2.20. The number of rotatable bonds is 6. The van der Waals surface area contributed by atoms with Crippen LogP contribution < -0.4 is 11.1 Å². The first-order valence-corrected chi connectivity index (χ1v) is 5.67. The van der Waals surface area contributed by atoms with Crippen molar-refractivity contribution in [3.05, 3.63) is 23.9 Å². The number of nitrogens with one attached hydrogen (secondary N) is 1. The van der Waals surface area contributed by atoms with Crippen molar-refractivity contribution in [2.75, 3.05) is 19.4 Å². The Bertz CT molecular complexity index is 317. The van der Waals surface area contributed by atoms with Gasteiger partial charge in [-0.15, -0.1) is 0 Å². The third-order valence-corrected chi connectivity index (χ3v) is 2.66. The second kappa shape index (κ2) is 6.45. The van der Waals surface area contributed by atoms with Crippen molar-refractivity contribution >= 4 is 5.82 Å². The van der Waals surface area contributed by atoms with Gasteiger partial charge in [-0.1, -0.05) is 13.0 Å². The minimum absolute atomic E-state index is 0.0676. The summed E-state index contributed by atoms with van der Waals surface area (Å²) in [5.74, 6) is 0.569. The van der Waals surface area contributed by atoms with Gasteiger partial charge in [0.2, 0.25) is 0 Å². The summed E-state index contributed by atoms with van der Waals surface area (Å²) < 4.78 is 5.37. The molecule has 0 saturated heterocycles. The van der Waals surface area contributed by atoms with Crippen molar-refractivity contribution in [3.63, 3.8) is 0 Å². The lowest BCUT2D eigenvalue weighted by molar-refractivity contribution is 0.0831. The largest absolute Gasteiger partial charge is 0.383 e. The molecule has 1 rings (SSSR count). The number of anilines is 1. The Balaban J connectivity index is 2.87. The normalized spacial score (nSPS) is 14.7. The second-order valence-corrected chi connectivity index (χ2v) is 3.85. The van der Waals surface area contributed by atoms with E-state index in [9.17, 15) is 0 Å². The molecule has 1 aromatic heterocycles. The van der Waals surface area contributed by atoms with Crippen molar-refractivity contribution in [2.45, 2.75) is 32.4 Å². The summed E-state index contributed by atoms with van der Waals surface area (Å²) in [6.07, 6.45) is 2.85. The van der Waals surface area contributed by atoms with Crippen LogP contribution >= 0.6 is 0 Å². The van der Waals surface area contributed by atoms with Crippen LogP contribution in [0, 0.1) is 0 Å². The molecule has 0 aliphatic rings. The number of methoxy groups -OCH3 is 1. The standard InChI is InChI=1S/C12H21N3O/c1-4-7-14-11(9(2)16-3)10-6-5-8-15-12(10)13/h5-6,8-9,11,14H,4,7H2,1-3H3,(H2,13,15). The quantitative estimate of drug-likeness (QED) is 0.771. The molecule has 3 N–H and O–H groups in total. The van der Waals surface area contributed by atoms with Crippen LogP contribution in [0.1, 0.15) is 31.9 Å². The minimum Gasteiger partial charge on any atom is -0.383 e. The van der Waals surface area contributed by atoms with E-state index in [1.54, 1.807) is 13.3 Å². The van der Waals surface area contributed by atoms with E-state index in [0.717, 1.165) is 18.5 Å². The van der Waals surface area contributed by atoms with Gasteiger partial charge in [0.25, 0.3) is 0 Å². The van der Waals surface area contributed by atoms with Crippen molar-refractivity contribution in [1.29, 1.82) is 0 Å². The molecule has 0 aliphatic heterocycles. The first-order valence-electron chi connectivity index (χ1n) is 5.67. The van der Waals surface area contributed by atoms with Crippen molar-refractivity contribution in [2.24, 2.45) is 0 Å². The van der Waals surface area contributed by atoms with E-state index in [2.05, 4.69) is 17.2 Å². The van der Waals surface area contributed by atoms with Gasteiger partial charge in [-0.05, 0) is 26.0 Å². The predicted octanol–water partition coefficient (Wildman–Crippen LogP) is 1.74. The Morgan fingerprint density at radius 1 is 1.56 bits per heavy atom. The molecule has 2 unspecified atom stereocenters. The summed E-state index contributed by atoms with van der Waals surface area (Å²) in [4.78, 5) is 4.11. The average molecular weight is 223 g/mol. The molecule has 16 heavy (non-hydrogen) atoms. The Kier molecular flexibility index (Phi) is 5.22. The number of hydrogen-bond donors (Lipinski definition) is 2. The number of nitrogens with two attached hydrogens (primary N) is 1. The molecule has 90 valence electrons. The van der Waals surface area contributed by atoms with Gasteiger partial charge in [0.1, 0.15) is 5.82 Å². The third kappa shape index (κ3) is 3.18. The van der Waals surface area contributed by atoms with E-state index in [4.69, 9.17) is 10.5 Å². The van der Waals surface area contributed by atoms with Gasteiger partial charge in [0.05, 0.1) is 12.1 Å². The van der Waals surface area contributed by atoms with Gasteiger partial charge in [-0.25, -0.2) is 4.98 Å². The number of nitrogen functional groups attached to an aromatic ring is 1. The summed E-state index contributed by atoms with van der Waals surface area (Å²) in [5, 5.41) is 3.43. The molecule has 2 atom stereocenters. The highest BCUT2D eigenvalue weighted by atomic mass is 16.5. The molecule has 0 radical (unpaired) electrons. The fourth-order valence-electron chi connectivity index (χ4n) is 1.66. The number of ether oxygens (including phenoxy) is 1. The fourth-order valence-corrected chi connectivity index (χ4v) is 1.66. The molecule has 0 fully saturated rings. The maximum atomic E-state index is 5.88.